The van der Waals surface area contributed by atoms with Gasteiger partial charge in [-0.05, 0) is 47.1 Å². The summed E-state index contributed by atoms with van der Waals surface area (Å²) in [5.74, 6) is -1.73. The van der Waals surface area contributed by atoms with Gasteiger partial charge < -0.3 is 13.7 Å². The summed E-state index contributed by atoms with van der Waals surface area (Å²) in [6.45, 7) is 1.30. The van der Waals surface area contributed by atoms with Gasteiger partial charge in [-0.25, -0.2) is 14.2 Å². The van der Waals surface area contributed by atoms with Crippen LogP contribution in [0.25, 0.3) is 11.3 Å². The number of methoxy groups -OCH3 is 1. The van der Waals surface area contributed by atoms with Crippen molar-refractivity contribution < 1.29 is 22.7 Å². The molecular formula is C22H17BrF2N4O4. The lowest BCUT2D eigenvalue weighted by Crippen LogP contribution is -2.33. The van der Waals surface area contributed by atoms with Crippen molar-refractivity contribution in [2.24, 2.45) is 5.10 Å². The number of ether oxygens (including phenoxy) is 1. The Bertz CT molecular complexity index is 1340. The van der Waals surface area contributed by atoms with Gasteiger partial charge in [0, 0.05) is 28.9 Å². The highest BCUT2D eigenvalue weighted by Gasteiger charge is 2.19. The quantitative estimate of drug-likeness (QED) is 0.379. The Hall–Kier alpha value is -3.62. The number of carbonyl (C=O) groups excluding carboxylic acids is 1. The molecule has 1 aromatic carbocycles. The zero-order valence-electron chi connectivity index (χ0n) is 17.5. The van der Waals surface area contributed by atoms with Crippen LogP contribution in [0, 0.1) is 29.9 Å². The molecule has 33 heavy (non-hydrogen) atoms. The maximum atomic E-state index is 13.9. The molecule has 0 spiro atoms. The van der Waals surface area contributed by atoms with Crippen LogP contribution in [0.15, 0.2) is 49.1 Å². The first-order valence-corrected chi connectivity index (χ1v) is 10.2. The number of aromatic nitrogens is 1. The fourth-order valence-electron chi connectivity index (χ4n) is 3.05. The molecule has 2 aromatic heterocycles. The average molecular weight is 519 g/mol. The van der Waals surface area contributed by atoms with E-state index in [-0.39, 0.29) is 35.8 Å². The molecule has 0 saturated carbocycles. The Morgan fingerprint density at radius 1 is 1.36 bits per heavy atom. The van der Waals surface area contributed by atoms with E-state index in [4.69, 9.17) is 9.15 Å². The number of hydrogen-bond donors (Lipinski definition) is 1. The average Bonchev–Trinajstić information content (AvgIpc) is 3.24. The lowest BCUT2D eigenvalue weighted by atomic mass is 10.1. The summed E-state index contributed by atoms with van der Waals surface area (Å²) in [5, 5.41) is 13.1. The van der Waals surface area contributed by atoms with Crippen molar-refractivity contribution in [2.75, 3.05) is 7.11 Å². The molecule has 0 aliphatic heterocycles. The number of nitriles is 1. The Morgan fingerprint density at radius 3 is 2.79 bits per heavy atom. The predicted octanol–water partition coefficient (Wildman–Crippen LogP) is 3.63. The fraction of sp³-hybridized carbons (Fsp3) is 0.182. The van der Waals surface area contributed by atoms with Gasteiger partial charge in [0.05, 0.1) is 18.4 Å². The van der Waals surface area contributed by atoms with Crippen molar-refractivity contribution in [1.82, 2.24) is 9.99 Å². The van der Waals surface area contributed by atoms with E-state index in [0.29, 0.717) is 15.7 Å². The molecule has 2 heterocycles. The number of halogens is 3. The van der Waals surface area contributed by atoms with Crippen LogP contribution >= 0.6 is 15.9 Å². The predicted molar refractivity (Wildman–Crippen MR) is 118 cm³/mol. The lowest BCUT2D eigenvalue weighted by Gasteiger charge is -2.15. The highest BCUT2D eigenvalue weighted by molar-refractivity contribution is 9.10. The maximum Gasteiger partial charge on any atom is 0.269 e. The van der Waals surface area contributed by atoms with E-state index in [1.807, 2.05) is 6.07 Å². The first-order valence-electron chi connectivity index (χ1n) is 9.44. The zero-order chi connectivity index (χ0) is 24.1. The minimum atomic E-state index is -0.777. The van der Waals surface area contributed by atoms with E-state index in [9.17, 15) is 23.6 Å². The number of carbonyl (C=O) groups is 1. The molecule has 1 N–H and O–H groups in total. The Morgan fingerprint density at radius 2 is 2.12 bits per heavy atom. The van der Waals surface area contributed by atoms with Gasteiger partial charge in [-0.3, -0.25) is 9.59 Å². The molecule has 0 aliphatic rings. The summed E-state index contributed by atoms with van der Waals surface area (Å²) in [6, 6.07) is 7.92. The van der Waals surface area contributed by atoms with Gasteiger partial charge in [0.25, 0.3) is 11.5 Å². The topological polar surface area (TPSA) is 110 Å². The first kappa shape index (κ1) is 24.0. The third kappa shape index (κ3) is 5.24. The SMILES string of the molecule is COCc1c(Br)c(C)n(CC(=O)N/N=C/c2ccc(-c3ccc(F)cc3F)o2)c(=O)c1C#N. The molecule has 170 valence electrons. The third-order valence-corrected chi connectivity index (χ3v) is 5.71. The van der Waals surface area contributed by atoms with Gasteiger partial charge in [0.2, 0.25) is 0 Å². The second-order valence-corrected chi connectivity index (χ2v) is 7.60. The fourth-order valence-corrected chi connectivity index (χ4v) is 3.58. The monoisotopic (exact) mass is 518 g/mol. The smallest absolute Gasteiger partial charge is 0.269 e. The van der Waals surface area contributed by atoms with E-state index in [1.54, 1.807) is 6.92 Å². The summed E-state index contributed by atoms with van der Waals surface area (Å²) < 4.78 is 39.1. The van der Waals surface area contributed by atoms with Gasteiger partial charge >= 0.3 is 0 Å². The van der Waals surface area contributed by atoms with Gasteiger partial charge in [0.15, 0.2) is 0 Å². The molecule has 3 rings (SSSR count). The Kier molecular flexibility index (Phi) is 7.52. The van der Waals surface area contributed by atoms with E-state index >= 15 is 0 Å². The number of amides is 1. The Labute approximate surface area is 195 Å². The van der Waals surface area contributed by atoms with Crippen LogP contribution in [0.3, 0.4) is 0 Å². The molecule has 0 saturated heterocycles. The van der Waals surface area contributed by atoms with Crippen molar-refractivity contribution in [1.29, 1.82) is 5.26 Å². The highest BCUT2D eigenvalue weighted by atomic mass is 79.9. The molecule has 0 bridgehead atoms. The minimum absolute atomic E-state index is 0.0594. The number of benzene rings is 1. The van der Waals surface area contributed by atoms with Crippen LogP contribution in [-0.4, -0.2) is 23.8 Å². The summed E-state index contributed by atoms with van der Waals surface area (Å²) in [4.78, 5) is 25.0. The lowest BCUT2D eigenvalue weighted by molar-refractivity contribution is -0.121. The number of pyridine rings is 1. The van der Waals surface area contributed by atoms with E-state index in [1.165, 1.54) is 31.5 Å². The number of nitrogens with zero attached hydrogens (tertiary/aromatic N) is 3. The van der Waals surface area contributed by atoms with Crippen LogP contribution < -0.4 is 11.0 Å². The number of hydrogen-bond acceptors (Lipinski definition) is 6. The van der Waals surface area contributed by atoms with Gasteiger partial charge in [-0.15, -0.1) is 0 Å². The number of hydrazone groups is 1. The van der Waals surface area contributed by atoms with Crippen LogP contribution in [0.4, 0.5) is 8.78 Å². The third-order valence-electron chi connectivity index (χ3n) is 4.65. The zero-order valence-corrected chi connectivity index (χ0v) is 19.1. The van der Waals surface area contributed by atoms with E-state index < -0.39 is 23.1 Å². The summed E-state index contributed by atoms with van der Waals surface area (Å²) >= 11 is 3.35. The van der Waals surface area contributed by atoms with E-state index in [2.05, 4.69) is 26.5 Å². The van der Waals surface area contributed by atoms with Crippen molar-refractivity contribution in [3.8, 4) is 17.4 Å². The van der Waals surface area contributed by atoms with E-state index in [0.717, 1.165) is 16.7 Å². The van der Waals surface area contributed by atoms with Gasteiger partial charge in [0.1, 0.15) is 41.3 Å². The minimum Gasteiger partial charge on any atom is -0.455 e. The molecule has 0 radical (unpaired) electrons. The maximum absolute atomic E-state index is 13.9. The van der Waals surface area contributed by atoms with Crippen LogP contribution in [0.2, 0.25) is 0 Å². The molecule has 0 atom stereocenters. The van der Waals surface area contributed by atoms with Gasteiger partial charge in [-0.2, -0.15) is 10.4 Å². The summed E-state index contributed by atoms with van der Waals surface area (Å²) in [7, 11) is 1.44. The first-order chi connectivity index (χ1) is 15.8. The van der Waals surface area contributed by atoms with Crippen molar-refractivity contribution in [3.05, 3.63) is 79.4 Å². The van der Waals surface area contributed by atoms with Crippen LogP contribution in [0.5, 0.6) is 0 Å². The molecule has 3 aromatic rings. The summed E-state index contributed by atoms with van der Waals surface area (Å²) in [5.41, 5.74) is 2.44. The standard InChI is InChI=1S/C22H17BrF2N4O4/c1-12-21(23)17(11-32-2)16(8-26)22(31)29(12)10-20(30)28-27-9-14-4-6-19(33-14)15-5-3-13(24)7-18(15)25/h3-7,9H,10-11H2,1-2H3,(H,28,30)/b27-9+. The molecule has 0 unspecified atom stereocenters. The van der Waals surface area contributed by atoms with Crippen molar-refractivity contribution >= 4 is 28.1 Å². The number of furan rings is 1. The largest absolute Gasteiger partial charge is 0.455 e. The number of rotatable bonds is 7. The van der Waals surface area contributed by atoms with Crippen molar-refractivity contribution in [3.63, 3.8) is 0 Å². The second kappa shape index (κ2) is 10.3. The second-order valence-electron chi connectivity index (χ2n) is 6.81. The molecule has 8 nitrogen and oxygen atoms in total. The molecule has 0 aliphatic carbocycles. The highest BCUT2D eigenvalue weighted by Crippen LogP contribution is 2.25. The summed E-state index contributed by atoms with van der Waals surface area (Å²) in [6.07, 6.45) is 1.19. The normalized spacial score (nSPS) is 11.0. The molecule has 11 heteroatoms. The van der Waals surface area contributed by atoms with Crippen LogP contribution in [0.1, 0.15) is 22.6 Å². The Balaban J connectivity index is 1.73. The molecular weight excluding hydrogens is 502 g/mol. The molecule has 0 fully saturated rings. The van der Waals surface area contributed by atoms with Crippen LogP contribution in [-0.2, 0) is 22.7 Å². The molecule has 1 amide bonds. The van der Waals surface area contributed by atoms with Gasteiger partial charge in [-0.1, -0.05) is 0 Å². The van der Waals surface area contributed by atoms with Crippen molar-refractivity contribution in [2.45, 2.75) is 20.1 Å². The number of nitrogens with one attached hydrogen (secondary N) is 1.